The second kappa shape index (κ2) is 8.91. The van der Waals surface area contributed by atoms with Crippen LogP contribution in [0.3, 0.4) is 0 Å². The molecule has 0 bridgehead atoms. The van der Waals surface area contributed by atoms with Crippen molar-refractivity contribution in [3.63, 3.8) is 0 Å². The van der Waals surface area contributed by atoms with Gasteiger partial charge in [0.1, 0.15) is 12.2 Å². The van der Waals surface area contributed by atoms with E-state index in [1.54, 1.807) is 27.9 Å². The third-order valence-electron chi connectivity index (χ3n) is 4.03. The monoisotopic (exact) mass is 420 g/mol. The van der Waals surface area contributed by atoms with Crippen LogP contribution in [0.2, 0.25) is 0 Å². The van der Waals surface area contributed by atoms with Crippen LogP contribution in [-0.4, -0.2) is 43.8 Å². The molecular formula is C19H24N4O5S. The first-order valence-electron chi connectivity index (χ1n) is 8.84. The molecule has 0 aliphatic carbocycles. The number of benzene rings is 1. The van der Waals surface area contributed by atoms with Crippen LogP contribution in [0.5, 0.6) is 0 Å². The zero-order valence-electron chi connectivity index (χ0n) is 16.7. The van der Waals surface area contributed by atoms with E-state index in [1.165, 1.54) is 47.5 Å². The molecule has 2 amide bonds. The van der Waals surface area contributed by atoms with Crippen molar-refractivity contribution in [1.29, 1.82) is 0 Å². The summed E-state index contributed by atoms with van der Waals surface area (Å²) < 4.78 is 28.6. The fourth-order valence-corrected chi connectivity index (χ4v) is 3.29. The van der Waals surface area contributed by atoms with E-state index in [0.29, 0.717) is 5.69 Å². The Morgan fingerprint density at radius 2 is 1.72 bits per heavy atom. The highest BCUT2D eigenvalue weighted by atomic mass is 32.2. The van der Waals surface area contributed by atoms with Crippen molar-refractivity contribution < 1.29 is 18.0 Å². The number of nitrogens with zero attached hydrogens (tertiary/aromatic N) is 2. The molecule has 10 heteroatoms. The molecule has 1 aromatic carbocycles. The Kier molecular flexibility index (Phi) is 6.80. The molecule has 0 unspecified atom stereocenters. The van der Waals surface area contributed by atoms with Crippen molar-refractivity contribution in [3.05, 3.63) is 52.9 Å². The van der Waals surface area contributed by atoms with Gasteiger partial charge in [0.15, 0.2) is 0 Å². The molecule has 2 rings (SSSR count). The maximum absolute atomic E-state index is 12.6. The van der Waals surface area contributed by atoms with E-state index in [-0.39, 0.29) is 34.9 Å². The molecule has 156 valence electrons. The van der Waals surface area contributed by atoms with E-state index in [0.717, 1.165) is 4.57 Å². The lowest BCUT2D eigenvalue weighted by Gasteiger charge is -2.13. The number of rotatable bonds is 7. The zero-order chi connectivity index (χ0) is 21.8. The van der Waals surface area contributed by atoms with E-state index in [1.807, 2.05) is 0 Å². The highest BCUT2D eigenvalue weighted by molar-refractivity contribution is 7.92. The Bertz CT molecular complexity index is 1060. The van der Waals surface area contributed by atoms with Crippen molar-refractivity contribution in [2.75, 3.05) is 24.1 Å². The summed E-state index contributed by atoms with van der Waals surface area (Å²) in [6.45, 7) is 3.29. The van der Waals surface area contributed by atoms with Crippen molar-refractivity contribution in [2.45, 2.75) is 25.3 Å². The maximum Gasteiger partial charge on any atom is 0.275 e. The van der Waals surface area contributed by atoms with Gasteiger partial charge in [-0.25, -0.2) is 8.42 Å². The fraction of sp³-hybridized carbons (Fsp3) is 0.316. The number of hydrogen-bond acceptors (Lipinski definition) is 5. The lowest BCUT2D eigenvalue weighted by molar-refractivity contribution is -0.129. The highest BCUT2D eigenvalue weighted by Gasteiger charge is 2.18. The lowest BCUT2D eigenvalue weighted by atomic mass is 10.2. The molecule has 0 atom stereocenters. The van der Waals surface area contributed by atoms with Gasteiger partial charge in [0.2, 0.25) is 11.8 Å². The first-order valence-corrected chi connectivity index (χ1v) is 10.3. The van der Waals surface area contributed by atoms with E-state index in [9.17, 15) is 22.8 Å². The van der Waals surface area contributed by atoms with Crippen LogP contribution in [0.15, 0.2) is 52.3 Å². The predicted molar refractivity (Wildman–Crippen MR) is 110 cm³/mol. The first kappa shape index (κ1) is 22.2. The quantitative estimate of drug-likeness (QED) is 0.701. The van der Waals surface area contributed by atoms with Gasteiger partial charge in [0, 0.05) is 31.9 Å². The average Bonchev–Trinajstić information content (AvgIpc) is 2.65. The van der Waals surface area contributed by atoms with Crippen LogP contribution in [0.1, 0.15) is 13.8 Å². The zero-order valence-corrected chi connectivity index (χ0v) is 17.5. The number of pyridine rings is 1. The maximum atomic E-state index is 12.6. The minimum absolute atomic E-state index is 0.0702. The van der Waals surface area contributed by atoms with Gasteiger partial charge in [-0.15, -0.1) is 0 Å². The minimum Gasteiger partial charge on any atom is -0.347 e. The minimum atomic E-state index is -4.03. The van der Waals surface area contributed by atoms with Crippen LogP contribution in [0.25, 0.3) is 0 Å². The van der Waals surface area contributed by atoms with E-state index < -0.39 is 15.6 Å². The third kappa shape index (κ3) is 5.67. The molecule has 0 saturated carbocycles. The van der Waals surface area contributed by atoms with Gasteiger partial charge in [-0.05, 0) is 36.4 Å². The predicted octanol–water partition coefficient (Wildman–Crippen LogP) is 1.33. The molecule has 2 N–H and O–H groups in total. The van der Waals surface area contributed by atoms with Crippen LogP contribution in [0, 0.1) is 5.92 Å². The molecule has 2 aromatic rings. The molecule has 0 aliphatic heterocycles. The van der Waals surface area contributed by atoms with E-state index in [2.05, 4.69) is 10.0 Å². The number of aromatic nitrogens is 1. The number of sulfonamides is 1. The fourth-order valence-electron chi connectivity index (χ4n) is 2.23. The molecule has 0 fully saturated rings. The Hall–Kier alpha value is -3.14. The first-order chi connectivity index (χ1) is 13.5. The van der Waals surface area contributed by atoms with Crippen LogP contribution in [-0.2, 0) is 26.2 Å². The molecule has 0 spiro atoms. The van der Waals surface area contributed by atoms with Crippen molar-refractivity contribution in [3.8, 4) is 0 Å². The molecule has 0 radical (unpaired) electrons. The summed E-state index contributed by atoms with van der Waals surface area (Å²) in [5, 5.41) is 2.67. The molecular weight excluding hydrogens is 396 g/mol. The van der Waals surface area contributed by atoms with E-state index in [4.69, 9.17) is 0 Å². The molecule has 1 heterocycles. The number of anilines is 2. The normalized spacial score (nSPS) is 11.2. The topological polar surface area (TPSA) is 118 Å². The lowest BCUT2D eigenvalue weighted by Crippen LogP contribution is -2.32. The largest absolute Gasteiger partial charge is 0.347 e. The molecule has 1 aromatic heterocycles. The number of carbonyl (C=O) groups is 2. The van der Waals surface area contributed by atoms with Crippen LogP contribution >= 0.6 is 0 Å². The summed E-state index contributed by atoms with van der Waals surface area (Å²) in [7, 11) is -0.905. The van der Waals surface area contributed by atoms with Crippen LogP contribution in [0.4, 0.5) is 11.4 Å². The third-order valence-corrected chi connectivity index (χ3v) is 5.41. The SMILES string of the molecule is CC(C)C(=O)Nc1ccc(S(=O)(=O)Nc2cccn(CC(=O)N(C)C)c2=O)cc1. The van der Waals surface area contributed by atoms with Gasteiger partial charge < -0.3 is 14.8 Å². The smallest absolute Gasteiger partial charge is 0.275 e. The molecule has 29 heavy (non-hydrogen) atoms. The van der Waals surface area contributed by atoms with E-state index >= 15 is 0 Å². The summed E-state index contributed by atoms with van der Waals surface area (Å²) in [6.07, 6.45) is 1.41. The van der Waals surface area contributed by atoms with Crippen molar-refractivity contribution in [1.82, 2.24) is 9.47 Å². The van der Waals surface area contributed by atoms with Gasteiger partial charge in [-0.2, -0.15) is 0 Å². The van der Waals surface area contributed by atoms with Gasteiger partial charge in [-0.1, -0.05) is 13.8 Å². The van der Waals surface area contributed by atoms with Crippen LogP contribution < -0.4 is 15.6 Å². The number of likely N-dealkylation sites (N-methyl/N-ethyl adjacent to an activating group) is 1. The summed E-state index contributed by atoms with van der Waals surface area (Å²) in [4.78, 5) is 37.3. The molecule has 9 nitrogen and oxygen atoms in total. The second-order valence-electron chi connectivity index (χ2n) is 6.92. The van der Waals surface area contributed by atoms with Crippen molar-refractivity contribution in [2.24, 2.45) is 5.92 Å². The second-order valence-corrected chi connectivity index (χ2v) is 8.60. The number of amides is 2. The molecule has 0 saturated heterocycles. The van der Waals surface area contributed by atoms with Crippen molar-refractivity contribution >= 4 is 33.2 Å². The highest BCUT2D eigenvalue weighted by Crippen LogP contribution is 2.17. The Labute approximate surface area is 169 Å². The summed E-state index contributed by atoms with van der Waals surface area (Å²) >= 11 is 0. The summed E-state index contributed by atoms with van der Waals surface area (Å²) in [6, 6.07) is 8.40. The number of hydrogen-bond donors (Lipinski definition) is 2. The molecule has 0 aliphatic rings. The van der Waals surface area contributed by atoms with Gasteiger partial charge >= 0.3 is 0 Å². The number of carbonyl (C=O) groups excluding carboxylic acids is 2. The Morgan fingerprint density at radius 1 is 1.10 bits per heavy atom. The Balaban J connectivity index is 2.22. The average molecular weight is 420 g/mol. The summed E-state index contributed by atoms with van der Waals surface area (Å²) in [5.74, 6) is -0.693. The van der Waals surface area contributed by atoms with Gasteiger partial charge in [0.25, 0.3) is 15.6 Å². The number of nitrogens with one attached hydrogen (secondary N) is 2. The summed E-state index contributed by atoms with van der Waals surface area (Å²) in [5.41, 5.74) is -0.338. The Morgan fingerprint density at radius 3 is 2.28 bits per heavy atom. The standard InChI is InChI=1S/C19H24N4O5S/c1-13(2)18(25)20-14-7-9-15(10-8-14)29(27,28)21-16-6-5-11-23(19(16)26)12-17(24)22(3)4/h5-11,13,21H,12H2,1-4H3,(H,20,25). The van der Waals surface area contributed by atoms with Gasteiger partial charge in [-0.3, -0.25) is 19.1 Å². The van der Waals surface area contributed by atoms with Gasteiger partial charge in [0.05, 0.1) is 4.90 Å².